The summed E-state index contributed by atoms with van der Waals surface area (Å²) in [5, 5.41) is 20.3. The molecule has 0 heterocycles. The van der Waals surface area contributed by atoms with Crippen LogP contribution in [0.15, 0.2) is 18.2 Å². The van der Waals surface area contributed by atoms with Gasteiger partial charge >= 0.3 is 11.9 Å². The number of nitro groups is 1. The molecule has 8 heteroatoms. The van der Waals surface area contributed by atoms with Crippen molar-refractivity contribution in [2.24, 2.45) is 0 Å². The van der Waals surface area contributed by atoms with Crippen molar-refractivity contribution in [3.8, 4) is 0 Å². The molecule has 0 saturated carbocycles. The Bertz CT molecular complexity index is 531. The van der Waals surface area contributed by atoms with E-state index in [-0.39, 0.29) is 29.8 Å². The topological polar surface area (TPSA) is 107 Å². The van der Waals surface area contributed by atoms with Gasteiger partial charge in [-0.2, -0.15) is 0 Å². The van der Waals surface area contributed by atoms with Crippen LogP contribution in [-0.2, 0) is 16.0 Å². The summed E-state index contributed by atoms with van der Waals surface area (Å²) in [7, 11) is 0. The Morgan fingerprint density at radius 2 is 2.10 bits per heavy atom. The van der Waals surface area contributed by atoms with E-state index in [0.717, 1.165) is 12.1 Å². The summed E-state index contributed by atoms with van der Waals surface area (Å²) in [6.45, 7) is 0.236. The number of hydrogen-bond acceptors (Lipinski definition) is 5. The van der Waals surface area contributed by atoms with Crippen LogP contribution in [0.25, 0.3) is 0 Å². The van der Waals surface area contributed by atoms with Gasteiger partial charge < -0.3 is 9.84 Å². The maximum absolute atomic E-state index is 11.5. The van der Waals surface area contributed by atoms with E-state index in [1.807, 2.05) is 0 Å². The Hall–Kier alpha value is -1.96. The molecule has 1 rings (SSSR count). The van der Waals surface area contributed by atoms with E-state index in [2.05, 4.69) is 15.9 Å². The smallest absolute Gasteiger partial charge is 0.336 e. The van der Waals surface area contributed by atoms with E-state index in [0.29, 0.717) is 11.8 Å². The van der Waals surface area contributed by atoms with Crippen LogP contribution < -0.4 is 0 Å². The number of carboxylic acids is 1. The first-order valence-corrected chi connectivity index (χ1v) is 6.80. The molecule has 20 heavy (non-hydrogen) atoms. The quantitative estimate of drug-likeness (QED) is 0.267. The van der Waals surface area contributed by atoms with Crippen molar-refractivity contribution in [3.05, 3.63) is 39.4 Å². The van der Waals surface area contributed by atoms with Crippen molar-refractivity contribution in [2.45, 2.75) is 12.8 Å². The Kier molecular flexibility index (Phi) is 6.10. The molecular formula is C12H12BrNO6. The first kappa shape index (κ1) is 16.1. The lowest BCUT2D eigenvalue weighted by Gasteiger charge is -2.06. The van der Waals surface area contributed by atoms with E-state index in [4.69, 9.17) is 9.84 Å². The van der Waals surface area contributed by atoms with Crippen LogP contribution in [0.2, 0.25) is 0 Å². The van der Waals surface area contributed by atoms with Gasteiger partial charge in [-0.15, -0.1) is 0 Å². The van der Waals surface area contributed by atoms with E-state index >= 15 is 0 Å². The third-order valence-electron chi connectivity index (χ3n) is 2.41. The van der Waals surface area contributed by atoms with Gasteiger partial charge in [-0.25, -0.2) is 4.79 Å². The molecule has 1 N–H and O–H groups in total. The molecule has 0 atom stereocenters. The number of non-ortho nitro benzene ring substituents is 1. The Balaban J connectivity index is 2.86. The van der Waals surface area contributed by atoms with Gasteiger partial charge in [-0.1, -0.05) is 22.0 Å². The Morgan fingerprint density at radius 3 is 2.65 bits per heavy atom. The minimum atomic E-state index is -1.32. The zero-order valence-corrected chi connectivity index (χ0v) is 12.0. The summed E-state index contributed by atoms with van der Waals surface area (Å²) >= 11 is 3.19. The number of rotatable bonds is 7. The molecule has 1 aromatic rings. The standard InChI is InChI=1S/C12H12BrNO6/c13-4-1-5-20-11(15)6-8-2-3-9(14(18)19)7-10(8)12(16)17/h2-3,7H,1,4-6H2,(H,16,17). The largest absolute Gasteiger partial charge is 0.478 e. The van der Waals surface area contributed by atoms with E-state index < -0.39 is 16.9 Å². The molecule has 7 nitrogen and oxygen atoms in total. The lowest BCUT2D eigenvalue weighted by molar-refractivity contribution is -0.384. The fraction of sp³-hybridized carbons (Fsp3) is 0.333. The number of nitro benzene ring substituents is 1. The highest BCUT2D eigenvalue weighted by Gasteiger charge is 2.18. The van der Waals surface area contributed by atoms with Crippen molar-refractivity contribution in [2.75, 3.05) is 11.9 Å². The molecule has 0 spiro atoms. The SMILES string of the molecule is O=C(Cc1ccc([N+](=O)[O-])cc1C(=O)O)OCCCBr. The molecule has 0 radical (unpaired) electrons. The Morgan fingerprint density at radius 1 is 1.40 bits per heavy atom. The van der Waals surface area contributed by atoms with Crippen molar-refractivity contribution in [3.63, 3.8) is 0 Å². The minimum Gasteiger partial charge on any atom is -0.478 e. The monoisotopic (exact) mass is 345 g/mol. The fourth-order valence-corrected chi connectivity index (χ4v) is 1.71. The summed E-state index contributed by atoms with van der Waals surface area (Å²) in [6, 6.07) is 3.35. The van der Waals surface area contributed by atoms with Gasteiger partial charge in [0.15, 0.2) is 0 Å². The molecule has 0 aliphatic rings. The molecule has 0 aromatic heterocycles. The molecule has 0 amide bonds. The van der Waals surface area contributed by atoms with Crippen molar-refractivity contribution in [1.82, 2.24) is 0 Å². The maximum Gasteiger partial charge on any atom is 0.336 e. The molecule has 1 aromatic carbocycles. The average Bonchev–Trinajstić information content (AvgIpc) is 2.38. The second kappa shape index (κ2) is 7.59. The summed E-state index contributed by atoms with van der Waals surface area (Å²) in [5.41, 5.74) is -0.414. The molecule has 0 fully saturated rings. The zero-order valence-electron chi connectivity index (χ0n) is 10.4. The number of hydrogen-bond donors (Lipinski definition) is 1. The summed E-state index contributed by atoms with van der Waals surface area (Å²) < 4.78 is 4.90. The van der Waals surface area contributed by atoms with Gasteiger partial charge in [-0.05, 0) is 12.0 Å². The van der Waals surface area contributed by atoms with Gasteiger partial charge in [0.25, 0.3) is 5.69 Å². The second-order valence-electron chi connectivity index (χ2n) is 3.84. The number of halogens is 1. The number of nitrogens with zero attached hydrogens (tertiary/aromatic N) is 1. The van der Waals surface area contributed by atoms with Crippen LogP contribution in [0.5, 0.6) is 0 Å². The molecule has 0 aliphatic heterocycles. The minimum absolute atomic E-state index is 0.187. The number of carboxylic acid groups (broad SMARTS) is 1. The van der Waals surface area contributed by atoms with Gasteiger partial charge in [0, 0.05) is 17.5 Å². The van der Waals surface area contributed by atoms with Crippen LogP contribution in [-0.4, -0.2) is 33.9 Å². The first-order chi connectivity index (χ1) is 9.45. The predicted octanol–water partition coefficient (Wildman–Crippen LogP) is 2.16. The third kappa shape index (κ3) is 4.61. The number of aromatic carboxylic acids is 1. The van der Waals surface area contributed by atoms with Crippen LogP contribution in [0.3, 0.4) is 0 Å². The maximum atomic E-state index is 11.5. The fourth-order valence-electron chi connectivity index (χ4n) is 1.48. The zero-order chi connectivity index (χ0) is 15.1. The molecule has 0 aliphatic carbocycles. The highest BCUT2D eigenvalue weighted by Crippen LogP contribution is 2.19. The van der Waals surface area contributed by atoms with Crippen molar-refractivity contribution < 1.29 is 24.4 Å². The molecule has 0 saturated heterocycles. The number of esters is 1. The summed E-state index contributed by atoms with van der Waals surface area (Å²) in [5.74, 6) is -1.89. The van der Waals surface area contributed by atoms with Crippen LogP contribution >= 0.6 is 15.9 Å². The molecular weight excluding hydrogens is 334 g/mol. The number of carbonyl (C=O) groups is 2. The normalized spacial score (nSPS) is 10.1. The van der Waals surface area contributed by atoms with Crippen molar-refractivity contribution >= 4 is 33.6 Å². The number of benzene rings is 1. The van der Waals surface area contributed by atoms with E-state index in [1.165, 1.54) is 6.07 Å². The number of carbonyl (C=O) groups excluding carboxylic acids is 1. The van der Waals surface area contributed by atoms with Gasteiger partial charge in [-0.3, -0.25) is 14.9 Å². The molecule has 0 unspecified atom stereocenters. The lowest BCUT2D eigenvalue weighted by Crippen LogP contribution is -2.12. The predicted molar refractivity (Wildman–Crippen MR) is 73.1 cm³/mol. The number of alkyl halides is 1. The lowest BCUT2D eigenvalue weighted by atomic mass is 10.0. The van der Waals surface area contributed by atoms with Gasteiger partial charge in [0.1, 0.15) is 0 Å². The highest BCUT2D eigenvalue weighted by molar-refractivity contribution is 9.09. The van der Waals surface area contributed by atoms with Crippen LogP contribution in [0.4, 0.5) is 5.69 Å². The Labute approximate surface area is 122 Å². The first-order valence-electron chi connectivity index (χ1n) is 5.68. The van der Waals surface area contributed by atoms with E-state index in [1.54, 1.807) is 0 Å². The van der Waals surface area contributed by atoms with Crippen molar-refractivity contribution in [1.29, 1.82) is 0 Å². The number of ether oxygens (including phenoxy) is 1. The van der Waals surface area contributed by atoms with Crippen LogP contribution in [0.1, 0.15) is 22.3 Å². The van der Waals surface area contributed by atoms with E-state index in [9.17, 15) is 19.7 Å². The molecule has 108 valence electrons. The summed E-state index contributed by atoms with van der Waals surface area (Å²) in [4.78, 5) is 32.5. The van der Waals surface area contributed by atoms with Gasteiger partial charge in [0.2, 0.25) is 0 Å². The summed E-state index contributed by atoms with van der Waals surface area (Å²) in [6.07, 6.45) is 0.416. The third-order valence-corrected chi connectivity index (χ3v) is 2.97. The molecule has 0 bridgehead atoms. The highest BCUT2D eigenvalue weighted by atomic mass is 79.9. The van der Waals surface area contributed by atoms with Crippen LogP contribution in [0, 0.1) is 10.1 Å². The average molecular weight is 346 g/mol. The second-order valence-corrected chi connectivity index (χ2v) is 4.64. The van der Waals surface area contributed by atoms with Gasteiger partial charge in [0.05, 0.1) is 23.5 Å².